The van der Waals surface area contributed by atoms with Crippen LogP contribution >= 0.6 is 57.7 Å². The van der Waals surface area contributed by atoms with E-state index >= 15 is 0 Å². The van der Waals surface area contributed by atoms with E-state index in [1.165, 1.54) is 11.7 Å². The summed E-state index contributed by atoms with van der Waals surface area (Å²) >= 11 is 26.6. The van der Waals surface area contributed by atoms with Gasteiger partial charge in [-0.15, -0.1) is 0 Å². The number of halogens is 4. The summed E-state index contributed by atoms with van der Waals surface area (Å²) in [6.45, 7) is 5.33. The topological polar surface area (TPSA) is 115 Å². The van der Waals surface area contributed by atoms with Crippen LogP contribution in [0.1, 0.15) is 43.5 Å². The third-order valence-electron chi connectivity index (χ3n) is 7.38. The molecule has 0 unspecified atom stereocenters. The van der Waals surface area contributed by atoms with E-state index in [0.717, 1.165) is 11.3 Å². The van der Waals surface area contributed by atoms with E-state index in [2.05, 4.69) is 9.73 Å². The average Bonchev–Trinajstić information content (AvgIpc) is 3.37. The summed E-state index contributed by atoms with van der Waals surface area (Å²) in [5.41, 5.74) is 1.91. The Morgan fingerprint density at radius 2 is 1.66 bits per heavy atom. The van der Waals surface area contributed by atoms with Gasteiger partial charge in [-0.1, -0.05) is 69.9 Å². The fraction of sp³-hybridized carbons (Fsp3) is 0.257. The second-order valence-corrected chi connectivity index (χ2v) is 13.3. The largest absolute Gasteiger partial charge is 0.490 e. The Bertz CT molecular complexity index is 2160. The summed E-state index contributed by atoms with van der Waals surface area (Å²) in [5, 5.41) is 1.38. The Morgan fingerprint density at radius 3 is 2.32 bits per heavy atom. The summed E-state index contributed by atoms with van der Waals surface area (Å²) in [6.07, 6.45) is 1.64. The minimum atomic E-state index is -0.927. The van der Waals surface area contributed by atoms with Gasteiger partial charge < -0.3 is 23.7 Å². The first-order chi connectivity index (χ1) is 23.9. The minimum absolute atomic E-state index is 0.0962. The molecule has 0 N–H and O–H groups in total. The monoisotopic (exact) mass is 778 g/mol. The van der Waals surface area contributed by atoms with Crippen LogP contribution in [-0.2, 0) is 25.7 Å². The van der Waals surface area contributed by atoms with E-state index in [9.17, 15) is 14.4 Å². The maximum atomic E-state index is 14.2. The molecule has 0 fully saturated rings. The zero-order chi connectivity index (χ0) is 36.1. The first kappa shape index (κ1) is 37.3. The fourth-order valence-electron chi connectivity index (χ4n) is 5.13. The number of ether oxygens (including phenoxy) is 5. The summed E-state index contributed by atoms with van der Waals surface area (Å²) < 4.78 is 29.2. The Morgan fingerprint density at radius 1 is 0.920 bits per heavy atom. The number of fused-ring (bicyclic) bond motifs is 1. The van der Waals surface area contributed by atoms with Crippen LogP contribution in [0, 0.1) is 0 Å². The Kier molecular flexibility index (Phi) is 12.2. The van der Waals surface area contributed by atoms with E-state index in [1.54, 1.807) is 75.4 Å². The molecule has 3 aromatic carbocycles. The quantitative estimate of drug-likeness (QED) is 0.142. The molecule has 0 aliphatic carbocycles. The maximum absolute atomic E-state index is 14.2. The minimum Gasteiger partial charge on any atom is -0.490 e. The molecule has 1 aliphatic heterocycles. The van der Waals surface area contributed by atoms with Gasteiger partial charge in [0.15, 0.2) is 28.7 Å². The molecule has 0 radical (unpaired) electrons. The van der Waals surface area contributed by atoms with Crippen molar-refractivity contribution in [3.63, 3.8) is 0 Å². The van der Waals surface area contributed by atoms with Gasteiger partial charge in [-0.25, -0.2) is 14.6 Å². The van der Waals surface area contributed by atoms with E-state index in [4.69, 9.17) is 65.4 Å². The highest BCUT2D eigenvalue weighted by Crippen LogP contribution is 2.38. The molecule has 15 heteroatoms. The number of benzene rings is 3. The highest BCUT2D eigenvalue weighted by molar-refractivity contribution is 7.07. The number of carbonyl (C=O) groups excluding carboxylic acids is 2. The molecule has 1 aliphatic rings. The number of carbonyl (C=O) groups is 2. The first-order valence-corrected chi connectivity index (χ1v) is 17.5. The number of aromatic nitrogens is 1. The zero-order valence-corrected chi connectivity index (χ0v) is 31.0. The number of rotatable bonds is 12. The molecule has 0 saturated carbocycles. The molecule has 1 atom stereocenters. The van der Waals surface area contributed by atoms with Crippen molar-refractivity contribution in [1.29, 1.82) is 0 Å². The standard InChI is InChI=1S/C35H30Cl4N2O8S/c1-5-46-27-14-20(8-10-26(27)48-17-29(42)45-4)31-30(34(44)47-6-2)18(3)40-35-41(31)33(43)28(50-35)13-19-11-24(38)32(25(39)12-19)49-16-21-7-9-22(36)15-23(21)37/h7-15,31H,5-6,16-17H2,1-4H3/b28-13-/t31-/m1/s1. The number of hydrogen-bond donors (Lipinski definition) is 0. The van der Waals surface area contributed by atoms with Crippen LogP contribution < -0.4 is 29.1 Å². The third-order valence-corrected chi connectivity index (χ3v) is 9.51. The average molecular weight is 781 g/mol. The number of nitrogens with zero attached hydrogens (tertiary/aromatic N) is 2. The number of thiazole rings is 1. The molecule has 0 saturated heterocycles. The molecular weight excluding hydrogens is 750 g/mol. The SMILES string of the molecule is CCOC(=O)C1=C(C)N=c2s/c(=C\c3cc(Cl)c(OCc4ccc(Cl)cc4Cl)c(Cl)c3)c(=O)n2[C@@H]1c1ccc(OCC(=O)OC)c(OCC)c1. The van der Waals surface area contributed by atoms with Crippen molar-refractivity contribution < 1.29 is 33.3 Å². The lowest BCUT2D eigenvalue weighted by Crippen LogP contribution is -2.40. The molecule has 5 rings (SSSR count). The summed E-state index contributed by atoms with van der Waals surface area (Å²) in [4.78, 5) is 44.2. The van der Waals surface area contributed by atoms with Gasteiger partial charge in [-0.3, -0.25) is 9.36 Å². The van der Waals surface area contributed by atoms with Gasteiger partial charge in [0.1, 0.15) is 6.61 Å². The lowest BCUT2D eigenvalue weighted by Gasteiger charge is -2.25. The molecule has 0 amide bonds. The Labute approximate surface area is 311 Å². The van der Waals surface area contributed by atoms with E-state index < -0.39 is 23.5 Å². The highest BCUT2D eigenvalue weighted by Gasteiger charge is 2.34. The second-order valence-electron chi connectivity index (χ2n) is 10.6. The van der Waals surface area contributed by atoms with Gasteiger partial charge >= 0.3 is 11.9 Å². The van der Waals surface area contributed by atoms with Crippen LogP contribution in [0.25, 0.3) is 6.08 Å². The van der Waals surface area contributed by atoms with Crippen LogP contribution in [0.2, 0.25) is 20.1 Å². The maximum Gasteiger partial charge on any atom is 0.343 e. The summed E-state index contributed by atoms with van der Waals surface area (Å²) in [7, 11) is 1.26. The fourth-order valence-corrected chi connectivity index (χ4v) is 7.25. The first-order valence-electron chi connectivity index (χ1n) is 15.2. The van der Waals surface area contributed by atoms with Crippen molar-refractivity contribution in [3.05, 3.63) is 116 Å². The van der Waals surface area contributed by atoms with Crippen LogP contribution in [0.3, 0.4) is 0 Å². The normalized spacial score (nSPS) is 14.2. The third kappa shape index (κ3) is 8.14. The van der Waals surface area contributed by atoms with Crippen molar-refractivity contribution >= 4 is 75.8 Å². The zero-order valence-electron chi connectivity index (χ0n) is 27.2. The van der Waals surface area contributed by atoms with Gasteiger partial charge in [0.05, 0.1) is 52.2 Å². The van der Waals surface area contributed by atoms with Crippen LogP contribution in [-0.4, -0.2) is 43.4 Å². The van der Waals surface area contributed by atoms with Crippen molar-refractivity contribution in [1.82, 2.24) is 4.57 Å². The van der Waals surface area contributed by atoms with Crippen LogP contribution in [0.4, 0.5) is 0 Å². The molecule has 0 spiro atoms. The van der Waals surface area contributed by atoms with Crippen molar-refractivity contribution in [2.75, 3.05) is 26.9 Å². The van der Waals surface area contributed by atoms with Crippen molar-refractivity contribution in [2.24, 2.45) is 4.99 Å². The van der Waals surface area contributed by atoms with Crippen LogP contribution in [0.15, 0.2) is 69.6 Å². The van der Waals surface area contributed by atoms with Crippen LogP contribution in [0.5, 0.6) is 17.2 Å². The summed E-state index contributed by atoms with van der Waals surface area (Å²) in [5.74, 6) is -0.356. The van der Waals surface area contributed by atoms with E-state index in [1.807, 2.05) is 0 Å². The van der Waals surface area contributed by atoms with E-state index in [-0.39, 0.29) is 53.5 Å². The number of hydrogen-bond acceptors (Lipinski definition) is 10. The molecule has 4 aromatic rings. The molecular formula is C35H30Cl4N2O8S. The highest BCUT2D eigenvalue weighted by atomic mass is 35.5. The predicted octanol–water partition coefficient (Wildman–Crippen LogP) is 6.94. The lowest BCUT2D eigenvalue weighted by atomic mass is 9.95. The van der Waals surface area contributed by atoms with Gasteiger partial charge in [0.25, 0.3) is 5.56 Å². The smallest absolute Gasteiger partial charge is 0.343 e. The molecule has 2 heterocycles. The number of allylic oxidation sites excluding steroid dienone is 1. The molecule has 1 aromatic heterocycles. The van der Waals surface area contributed by atoms with Gasteiger partial charge in [0, 0.05) is 15.6 Å². The predicted molar refractivity (Wildman–Crippen MR) is 193 cm³/mol. The van der Waals surface area contributed by atoms with Gasteiger partial charge in [-0.2, -0.15) is 0 Å². The number of esters is 2. The number of methoxy groups -OCH3 is 1. The van der Waals surface area contributed by atoms with Gasteiger partial charge in [-0.05, 0) is 74.4 Å². The van der Waals surface area contributed by atoms with Gasteiger partial charge in [0.2, 0.25) is 0 Å². The van der Waals surface area contributed by atoms with Crippen molar-refractivity contribution in [2.45, 2.75) is 33.4 Å². The second kappa shape index (κ2) is 16.3. The van der Waals surface area contributed by atoms with Crippen molar-refractivity contribution in [3.8, 4) is 17.2 Å². The Balaban J connectivity index is 1.56. The summed E-state index contributed by atoms with van der Waals surface area (Å²) in [6, 6.07) is 12.3. The lowest BCUT2D eigenvalue weighted by molar-refractivity contribution is -0.143. The molecule has 0 bridgehead atoms. The molecule has 262 valence electrons. The molecule has 50 heavy (non-hydrogen) atoms. The molecule has 10 nitrogen and oxygen atoms in total. The Hall–Kier alpha value is -4.00. The van der Waals surface area contributed by atoms with E-state index in [0.29, 0.717) is 47.5 Å².